The van der Waals surface area contributed by atoms with E-state index >= 15 is 0 Å². The number of carboxylic acid groups (broad SMARTS) is 1. The molecule has 0 aliphatic carbocycles. The Labute approximate surface area is 240 Å². The third-order valence-corrected chi connectivity index (χ3v) is 7.70. The fourth-order valence-electron chi connectivity index (χ4n) is 5.07. The van der Waals surface area contributed by atoms with Crippen molar-refractivity contribution in [3.63, 3.8) is 0 Å². The fraction of sp³-hybridized carbons (Fsp3) is 0.206. The van der Waals surface area contributed by atoms with Gasteiger partial charge < -0.3 is 19.3 Å². The second-order valence-corrected chi connectivity index (χ2v) is 10.6. The minimum Gasteiger partial charge on any atom is -0.494 e. The van der Waals surface area contributed by atoms with Crippen molar-refractivity contribution in [2.24, 2.45) is 0 Å². The molecule has 5 aromatic rings. The van der Waals surface area contributed by atoms with E-state index < -0.39 is 5.97 Å². The number of fused-ring (bicyclic) bond motifs is 1. The molecule has 1 aromatic heterocycles. The molecule has 0 saturated carbocycles. The van der Waals surface area contributed by atoms with E-state index in [9.17, 15) is 9.90 Å². The third-order valence-electron chi connectivity index (χ3n) is 7.10. The molecule has 1 N–H and O–H groups in total. The number of hydrogen-bond acceptors (Lipinski definition) is 3. The van der Waals surface area contributed by atoms with Gasteiger partial charge in [0.2, 0.25) is 0 Å². The first kappa shape index (κ1) is 27.4. The van der Waals surface area contributed by atoms with Crippen molar-refractivity contribution < 1.29 is 14.6 Å². The molecule has 0 saturated heterocycles. The van der Waals surface area contributed by atoms with Gasteiger partial charge in [-0.2, -0.15) is 0 Å². The van der Waals surface area contributed by atoms with Crippen LogP contribution in [0.3, 0.4) is 0 Å². The Bertz CT molecular complexity index is 1650. The summed E-state index contributed by atoms with van der Waals surface area (Å²) in [6, 6.07) is 28.7. The van der Waals surface area contributed by atoms with Crippen molar-refractivity contribution in [2.75, 3.05) is 11.5 Å². The molecule has 0 bridgehead atoms. The summed E-state index contributed by atoms with van der Waals surface area (Å²) in [6.45, 7) is 7.57. The summed E-state index contributed by atoms with van der Waals surface area (Å²) >= 11 is 6.28. The zero-order valence-corrected chi connectivity index (χ0v) is 23.8. The van der Waals surface area contributed by atoms with Gasteiger partial charge in [-0.25, -0.2) is 4.79 Å². The molecule has 5 rings (SSSR count). The highest BCUT2D eigenvalue weighted by Gasteiger charge is 2.19. The maximum atomic E-state index is 12.2. The lowest BCUT2D eigenvalue weighted by atomic mass is 10.1. The molecule has 0 radical (unpaired) electrons. The van der Waals surface area contributed by atoms with Gasteiger partial charge in [0.25, 0.3) is 0 Å². The number of hydrogen-bond donors (Lipinski definition) is 1. The number of carboxylic acids is 1. The molecule has 0 spiro atoms. The number of ether oxygens (including phenoxy) is 1. The van der Waals surface area contributed by atoms with Crippen LogP contribution in [0, 0.1) is 20.8 Å². The van der Waals surface area contributed by atoms with E-state index in [0.29, 0.717) is 26.1 Å². The van der Waals surface area contributed by atoms with Crippen molar-refractivity contribution in [3.05, 3.63) is 124 Å². The SMILES string of the molecule is Cc1cccc(N(Cc2ccc3ccccc3c2)c2cc(C(=O)O)n(CCCOc3cc(C)c(Cl)c(C)c3)c2)c1. The monoisotopic (exact) mass is 552 g/mol. The normalized spacial score (nSPS) is 11.1. The molecule has 5 nitrogen and oxygen atoms in total. The van der Waals surface area contributed by atoms with Gasteiger partial charge >= 0.3 is 5.97 Å². The van der Waals surface area contributed by atoms with E-state index in [1.165, 1.54) is 10.8 Å². The van der Waals surface area contributed by atoms with E-state index in [-0.39, 0.29) is 5.69 Å². The van der Waals surface area contributed by atoms with Crippen LogP contribution in [-0.2, 0) is 13.1 Å². The van der Waals surface area contributed by atoms with Crippen LogP contribution in [0.25, 0.3) is 10.8 Å². The van der Waals surface area contributed by atoms with Crippen LogP contribution in [-0.4, -0.2) is 22.2 Å². The molecule has 0 aliphatic rings. The molecule has 0 atom stereocenters. The molecular formula is C34H33ClN2O3. The molecule has 4 aromatic carbocycles. The zero-order valence-electron chi connectivity index (χ0n) is 23.0. The number of benzene rings is 4. The summed E-state index contributed by atoms with van der Waals surface area (Å²) in [5.41, 5.74) is 6.34. The van der Waals surface area contributed by atoms with E-state index in [2.05, 4.69) is 60.4 Å². The smallest absolute Gasteiger partial charge is 0.352 e. The third kappa shape index (κ3) is 6.16. The van der Waals surface area contributed by atoms with E-state index in [0.717, 1.165) is 44.4 Å². The van der Waals surface area contributed by atoms with Gasteiger partial charge in [0.05, 0.1) is 12.3 Å². The standard InChI is InChI=1S/C34H33ClN2O3/c1-23-8-6-11-29(16-23)37(21-26-12-13-27-9-4-5-10-28(27)19-26)30-20-32(34(38)39)36(22-30)14-7-15-40-31-17-24(2)33(35)25(3)18-31/h4-6,8-13,16-20,22H,7,14-15,21H2,1-3H3,(H,38,39). The summed E-state index contributed by atoms with van der Waals surface area (Å²) in [6.07, 6.45) is 2.59. The predicted octanol–water partition coefficient (Wildman–Crippen LogP) is 8.73. The summed E-state index contributed by atoms with van der Waals surface area (Å²) in [5, 5.41) is 13.1. The second-order valence-electron chi connectivity index (χ2n) is 10.3. The Kier molecular flexibility index (Phi) is 8.13. The van der Waals surface area contributed by atoms with E-state index in [1.54, 1.807) is 6.07 Å². The Hall–Kier alpha value is -4.22. The van der Waals surface area contributed by atoms with Gasteiger partial charge in [0.15, 0.2) is 0 Å². The number of nitrogens with zero attached hydrogens (tertiary/aromatic N) is 2. The molecule has 1 heterocycles. The van der Waals surface area contributed by atoms with Crippen LogP contribution < -0.4 is 9.64 Å². The first-order valence-electron chi connectivity index (χ1n) is 13.4. The van der Waals surface area contributed by atoms with Crippen LogP contribution in [0.5, 0.6) is 5.75 Å². The van der Waals surface area contributed by atoms with Crippen molar-refractivity contribution in [2.45, 2.75) is 40.3 Å². The van der Waals surface area contributed by atoms with Crippen LogP contribution >= 0.6 is 11.6 Å². The molecule has 6 heteroatoms. The Morgan fingerprint density at radius 2 is 1.62 bits per heavy atom. The van der Waals surface area contributed by atoms with Crippen molar-refractivity contribution in [3.8, 4) is 5.75 Å². The van der Waals surface area contributed by atoms with Crippen LogP contribution in [0.2, 0.25) is 5.02 Å². The quantitative estimate of drug-likeness (QED) is 0.176. The van der Waals surface area contributed by atoms with E-state index in [4.69, 9.17) is 16.3 Å². The van der Waals surface area contributed by atoms with Crippen LogP contribution in [0.15, 0.2) is 91.1 Å². The highest BCUT2D eigenvalue weighted by molar-refractivity contribution is 6.32. The maximum absolute atomic E-state index is 12.2. The van der Waals surface area contributed by atoms with Gasteiger partial charge in [-0.05, 0) is 96.6 Å². The first-order valence-corrected chi connectivity index (χ1v) is 13.8. The molecular weight excluding hydrogens is 520 g/mol. The maximum Gasteiger partial charge on any atom is 0.352 e. The summed E-state index contributed by atoms with van der Waals surface area (Å²) in [4.78, 5) is 14.4. The number of aryl methyl sites for hydroxylation is 4. The van der Waals surface area contributed by atoms with Crippen LogP contribution in [0.4, 0.5) is 11.4 Å². The predicted molar refractivity (Wildman–Crippen MR) is 163 cm³/mol. The lowest BCUT2D eigenvalue weighted by molar-refractivity contribution is 0.0684. The molecule has 40 heavy (non-hydrogen) atoms. The second kappa shape index (κ2) is 11.9. The molecule has 204 valence electrons. The first-order chi connectivity index (χ1) is 19.3. The van der Waals surface area contributed by atoms with Gasteiger partial charge in [0, 0.05) is 30.0 Å². The molecule has 0 fully saturated rings. The Morgan fingerprint density at radius 1 is 0.875 bits per heavy atom. The van der Waals surface area contributed by atoms with Crippen molar-refractivity contribution in [1.29, 1.82) is 0 Å². The summed E-state index contributed by atoms with van der Waals surface area (Å²) in [7, 11) is 0. The average Bonchev–Trinajstić information content (AvgIpc) is 3.37. The summed E-state index contributed by atoms with van der Waals surface area (Å²) in [5.74, 6) is -0.182. The summed E-state index contributed by atoms with van der Waals surface area (Å²) < 4.78 is 7.77. The van der Waals surface area contributed by atoms with Gasteiger partial charge in [-0.3, -0.25) is 0 Å². The largest absolute Gasteiger partial charge is 0.494 e. The van der Waals surface area contributed by atoms with Gasteiger partial charge in [-0.1, -0.05) is 60.1 Å². The highest BCUT2D eigenvalue weighted by Crippen LogP contribution is 2.31. The minimum absolute atomic E-state index is 0.254. The number of anilines is 2. The number of halogens is 1. The van der Waals surface area contributed by atoms with E-state index in [1.807, 2.05) is 54.9 Å². The fourth-order valence-corrected chi connectivity index (χ4v) is 5.18. The van der Waals surface area contributed by atoms with Crippen molar-refractivity contribution >= 4 is 39.7 Å². The zero-order chi connectivity index (χ0) is 28.2. The van der Waals surface area contributed by atoms with Crippen molar-refractivity contribution in [1.82, 2.24) is 4.57 Å². The molecule has 0 unspecified atom stereocenters. The van der Waals surface area contributed by atoms with Gasteiger partial charge in [-0.15, -0.1) is 0 Å². The lowest BCUT2D eigenvalue weighted by Crippen LogP contribution is -2.16. The number of carbonyl (C=O) groups is 1. The Balaban J connectivity index is 1.39. The van der Waals surface area contributed by atoms with Gasteiger partial charge in [0.1, 0.15) is 11.4 Å². The average molecular weight is 553 g/mol. The Morgan fingerprint density at radius 3 is 2.35 bits per heavy atom. The number of aromatic nitrogens is 1. The lowest BCUT2D eigenvalue weighted by Gasteiger charge is -2.24. The number of aromatic carboxylic acids is 1. The topological polar surface area (TPSA) is 54.7 Å². The van der Waals surface area contributed by atoms with Crippen LogP contribution in [0.1, 0.15) is 39.2 Å². The minimum atomic E-state index is -0.953. The molecule has 0 amide bonds. The molecule has 0 aliphatic heterocycles. The number of rotatable bonds is 10. The highest BCUT2D eigenvalue weighted by atomic mass is 35.5.